The number of nitrogens with zero attached hydrogens (tertiary/aromatic N) is 2. The van der Waals surface area contributed by atoms with Crippen molar-refractivity contribution in [2.45, 2.75) is 52.8 Å². The first-order valence-corrected chi connectivity index (χ1v) is 7.11. The predicted molar refractivity (Wildman–Crippen MR) is 75.7 cm³/mol. The Kier molecular flexibility index (Phi) is 5.10. The zero-order valence-corrected chi connectivity index (χ0v) is 13.2. The molecule has 0 bridgehead atoms. The number of hydrogen-bond acceptors (Lipinski definition) is 5. The van der Waals surface area contributed by atoms with Crippen molar-refractivity contribution in [3.8, 4) is 0 Å². The minimum Gasteiger partial charge on any atom is -0.480 e. The third-order valence-corrected chi connectivity index (χ3v) is 3.27. The largest absolute Gasteiger partial charge is 0.480 e. The zero-order valence-electron chi connectivity index (χ0n) is 12.3. The Morgan fingerprint density at radius 3 is 2.50 bits per heavy atom. The van der Waals surface area contributed by atoms with Gasteiger partial charge in [-0.25, -0.2) is 14.6 Å². The average molecular weight is 300 g/mol. The van der Waals surface area contributed by atoms with Gasteiger partial charge in [0.05, 0.1) is 17.2 Å². The normalized spacial score (nSPS) is 12.8. The molecule has 112 valence electrons. The molecule has 0 aliphatic carbocycles. The molecule has 20 heavy (non-hydrogen) atoms. The van der Waals surface area contributed by atoms with Crippen LogP contribution in [0.3, 0.4) is 0 Å². The summed E-state index contributed by atoms with van der Waals surface area (Å²) in [5, 5.41) is 11.8. The number of ether oxygens (including phenoxy) is 1. The Morgan fingerprint density at radius 1 is 1.50 bits per heavy atom. The summed E-state index contributed by atoms with van der Waals surface area (Å²) in [7, 11) is 0. The Balaban J connectivity index is 2.90. The van der Waals surface area contributed by atoms with Crippen LogP contribution in [-0.4, -0.2) is 38.7 Å². The molecule has 1 aromatic rings. The molecule has 0 saturated carbocycles. The van der Waals surface area contributed by atoms with E-state index in [4.69, 9.17) is 9.84 Å². The Bertz CT molecular complexity index is 493. The molecule has 7 heteroatoms. The maximum Gasteiger partial charge on any atom is 0.411 e. The molecule has 1 rings (SSSR count). The SMILES string of the molecule is Cc1nc(CN(C(=O)OC(C)(C)C)[C@H](C)C(=O)O)cs1. The second-order valence-corrected chi connectivity index (χ2v) is 6.54. The number of carbonyl (C=O) groups is 2. The number of carbonyl (C=O) groups excluding carboxylic acids is 1. The first-order chi connectivity index (χ1) is 9.10. The van der Waals surface area contributed by atoms with Crippen LogP contribution in [0.4, 0.5) is 4.79 Å². The summed E-state index contributed by atoms with van der Waals surface area (Å²) in [4.78, 5) is 28.7. The molecule has 1 heterocycles. The number of amides is 1. The quantitative estimate of drug-likeness (QED) is 0.924. The lowest BCUT2D eigenvalue weighted by Crippen LogP contribution is -2.45. The fraction of sp³-hybridized carbons (Fsp3) is 0.615. The predicted octanol–water partition coefficient (Wildman–Crippen LogP) is 2.66. The van der Waals surface area contributed by atoms with Gasteiger partial charge in [0, 0.05) is 5.38 Å². The van der Waals surface area contributed by atoms with Crippen molar-refractivity contribution < 1.29 is 19.4 Å². The van der Waals surface area contributed by atoms with Gasteiger partial charge in [-0.1, -0.05) is 0 Å². The summed E-state index contributed by atoms with van der Waals surface area (Å²) in [5.74, 6) is -1.08. The number of hydrogen-bond donors (Lipinski definition) is 1. The van der Waals surface area contributed by atoms with Crippen molar-refractivity contribution in [3.05, 3.63) is 16.1 Å². The summed E-state index contributed by atoms with van der Waals surface area (Å²) in [5.41, 5.74) is -0.0163. The smallest absolute Gasteiger partial charge is 0.411 e. The first-order valence-electron chi connectivity index (χ1n) is 6.23. The van der Waals surface area contributed by atoms with Crippen LogP contribution >= 0.6 is 11.3 Å². The average Bonchev–Trinajstić information content (AvgIpc) is 2.68. The van der Waals surface area contributed by atoms with Crippen molar-refractivity contribution in [2.24, 2.45) is 0 Å². The molecule has 0 saturated heterocycles. The number of aryl methyl sites for hydroxylation is 1. The van der Waals surface area contributed by atoms with E-state index in [-0.39, 0.29) is 6.54 Å². The number of aromatic nitrogens is 1. The molecule has 0 fully saturated rings. The van der Waals surface area contributed by atoms with Crippen LogP contribution in [0.25, 0.3) is 0 Å². The van der Waals surface area contributed by atoms with E-state index in [1.54, 1.807) is 26.2 Å². The lowest BCUT2D eigenvalue weighted by molar-refractivity contribution is -0.142. The standard InChI is InChI=1S/C13H20N2O4S/c1-8(11(16)17)15(12(18)19-13(3,4)5)6-10-7-20-9(2)14-10/h7-8H,6H2,1-5H3,(H,16,17)/t8-/m1/s1. The van der Waals surface area contributed by atoms with Gasteiger partial charge in [-0.2, -0.15) is 0 Å². The molecular formula is C13H20N2O4S. The Labute approximate surface area is 122 Å². The van der Waals surface area contributed by atoms with Crippen LogP contribution in [-0.2, 0) is 16.1 Å². The second kappa shape index (κ2) is 6.21. The molecule has 1 N–H and O–H groups in total. The van der Waals surface area contributed by atoms with E-state index in [9.17, 15) is 9.59 Å². The maximum atomic E-state index is 12.1. The van der Waals surface area contributed by atoms with Crippen LogP contribution < -0.4 is 0 Å². The first kappa shape index (κ1) is 16.4. The van der Waals surface area contributed by atoms with Gasteiger partial charge in [-0.3, -0.25) is 4.90 Å². The van der Waals surface area contributed by atoms with Crippen molar-refractivity contribution >= 4 is 23.4 Å². The minimum atomic E-state index is -1.08. The number of carboxylic acids is 1. The van der Waals surface area contributed by atoms with Crippen LogP contribution in [0.5, 0.6) is 0 Å². The summed E-state index contributed by atoms with van der Waals surface area (Å²) in [6, 6.07) is -0.980. The van der Waals surface area contributed by atoms with E-state index >= 15 is 0 Å². The van der Waals surface area contributed by atoms with Gasteiger partial charge < -0.3 is 9.84 Å². The van der Waals surface area contributed by atoms with E-state index in [0.29, 0.717) is 5.69 Å². The third-order valence-electron chi connectivity index (χ3n) is 2.45. The second-order valence-electron chi connectivity index (χ2n) is 5.48. The topological polar surface area (TPSA) is 79.7 Å². The molecular weight excluding hydrogens is 280 g/mol. The maximum absolute atomic E-state index is 12.1. The van der Waals surface area contributed by atoms with E-state index in [1.165, 1.54) is 23.2 Å². The van der Waals surface area contributed by atoms with Gasteiger partial charge in [0.1, 0.15) is 11.6 Å². The molecule has 0 aliphatic rings. The van der Waals surface area contributed by atoms with Crippen LogP contribution in [0.15, 0.2) is 5.38 Å². The van der Waals surface area contributed by atoms with Crippen molar-refractivity contribution in [1.82, 2.24) is 9.88 Å². The Morgan fingerprint density at radius 2 is 2.10 bits per heavy atom. The van der Waals surface area contributed by atoms with Crippen LogP contribution in [0.1, 0.15) is 38.4 Å². The molecule has 0 spiro atoms. The molecule has 0 radical (unpaired) electrons. The van der Waals surface area contributed by atoms with E-state index in [2.05, 4.69) is 4.98 Å². The van der Waals surface area contributed by atoms with Crippen LogP contribution in [0.2, 0.25) is 0 Å². The van der Waals surface area contributed by atoms with Gasteiger partial charge in [0.2, 0.25) is 0 Å². The number of rotatable bonds is 4. The lowest BCUT2D eigenvalue weighted by Gasteiger charge is -2.29. The van der Waals surface area contributed by atoms with Crippen molar-refractivity contribution in [3.63, 3.8) is 0 Å². The van der Waals surface area contributed by atoms with Crippen LogP contribution in [0, 0.1) is 6.92 Å². The highest BCUT2D eigenvalue weighted by Gasteiger charge is 2.30. The molecule has 1 atom stereocenters. The number of aliphatic carboxylic acids is 1. The molecule has 0 aromatic carbocycles. The highest BCUT2D eigenvalue weighted by atomic mass is 32.1. The number of thiazole rings is 1. The zero-order chi connectivity index (χ0) is 15.5. The van der Waals surface area contributed by atoms with Gasteiger partial charge in [0.15, 0.2) is 0 Å². The van der Waals surface area contributed by atoms with Crippen molar-refractivity contribution in [1.29, 1.82) is 0 Å². The summed E-state index contributed by atoms with van der Waals surface area (Å²) in [6.07, 6.45) is -0.655. The van der Waals surface area contributed by atoms with E-state index in [0.717, 1.165) is 5.01 Å². The van der Waals surface area contributed by atoms with Gasteiger partial charge in [-0.15, -0.1) is 11.3 Å². The molecule has 6 nitrogen and oxygen atoms in total. The van der Waals surface area contributed by atoms with E-state index < -0.39 is 23.7 Å². The molecule has 1 amide bonds. The third kappa shape index (κ3) is 4.80. The highest BCUT2D eigenvalue weighted by Crippen LogP contribution is 2.16. The monoisotopic (exact) mass is 300 g/mol. The highest BCUT2D eigenvalue weighted by molar-refractivity contribution is 7.09. The van der Waals surface area contributed by atoms with Gasteiger partial charge in [-0.05, 0) is 34.6 Å². The lowest BCUT2D eigenvalue weighted by atomic mass is 10.2. The molecule has 0 aliphatic heterocycles. The fourth-order valence-electron chi connectivity index (χ4n) is 1.47. The molecule has 1 aromatic heterocycles. The Hall–Kier alpha value is -1.63. The van der Waals surface area contributed by atoms with Gasteiger partial charge >= 0.3 is 12.1 Å². The fourth-order valence-corrected chi connectivity index (χ4v) is 2.07. The van der Waals surface area contributed by atoms with Crippen molar-refractivity contribution in [2.75, 3.05) is 0 Å². The number of carboxylic acid groups (broad SMARTS) is 1. The molecule has 0 unspecified atom stereocenters. The van der Waals surface area contributed by atoms with Gasteiger partial charge in [0.25, 0.3) is 0 Å². The summed E-state index contributed by atoms with van der Waals surface area (Å²) < 4.78 is 5.25. The minimum absolute atomic E-state index is 0.118. The summed E-state index contributed by atoms with van der Waals surface area (Å²) >= 11 is 1.45. The summed E-state index contributed by atoms with van der Waals surface area (Å²) in [6.45, 7) is 8.63. The van der Waals surface area contributed by atoms with E-state index in [1.807, 2.05) is 6.92 Å².